The van der Waals surface area contributed by atoms with Crippen molar-refractivity contribution in [1.82, 2.24) is 5.32 Å². The summed E-state index contributed by atoms with van der Waals surface area (Å²) in [5.74, 6) is 1.48. The van der Waals surface area contributed by atoms with E-state index in [2.05, 4.69) is 5.32 Å². The summed E-state index contributed by atoms with van der Waals surface area (Å²) in [7, 11) is 3.31. The number of benzene rings is 1. The monoisotopic (exact) mass is 323 g/mol. The van der Waals surface area contributed by atoms with E-state index in [9.17, 15) is 0 Å². The molecule has 3 nitrogen and oxygen atoms in total. The van der Waals surface area contributed by atoms with Gasteiger partial charge in [0.25, 0.3) is 0 Å². The molecule has 0 saturated heterocycles. The number of hydrogen-bond acceptors (Lipinski definition) is 4. The fourth-order valence-corrected chi connectivity index (χ4v) is 3.52. The molecule has 0 radical (unpaired) electrons. The molecule has 5 heteroatoms. The van der Waals surface area contributed by atoms with Gasteiger partial charge in [-0.1, -0.05) is 11.6 Å². The summed E-state index contributed by atoms with van der Waals surface area (Å²) in [6.07, 6.45) is 2.53. The van der Waals surface area contributed by atoms with Crippen LogP contribution in [0.15, 0.2) is 23.6 Å². The van der Waals surface area contributed by atoms with Crippen LogP contribution in [0.2, 0.25) is 5.02 Å². The first kappa shape index (κ1) is 14.7. The zero-order valence-electron chi connectivity index (χ0n) is 12.1. The van der Waals surface area contributed by atoms with Gasteiger partial charge in [0.1, 0.15) is 0 Å². The van der Waals surface area contributed by atoms with Gasteiger partial charge in [-0.2, -0.15) is 0 Å². The Morgan fingerprint density at radius 1 is 1.24 bits per heavy atom. The molecule has 1 aromatic carbocycles. The van der Waals surface area contributed by atoms with E-state index in [1.54, 1.807) is 25.6 Å². The number of ether oxygens (including phenoxy) is 2. The molecule has 21 heavy (non-hydrogen) atoms. The predicted octanol–water partition coefficient (Wildman–Crippen LogP) is 4.34. The summed E-state index contributed by atoms with van der Waals surface area (Å²) in [4.78, 5) is 1.07. The smallest absolute Gasteiger partial charge is 0.161 e. The average Bonchev–Trinajstić information content (AvgIpc) is 3.24. The third-order valence-electron chi connectivity index (χ3n) is 3.63. The molecule has 112 valence electrons. The number of nitrogens with one attached hydrogen (secondary N) is 1. The van der Waals surface area contributed by atoms with Crippen LogP contribution >= 0.6 is 22.9 Å². The van der Waals surface area contributed by atoms with Gasteiger partial charge < -0.3 is 14.8 Å². The van der Waals surface area contributed by atoms with Crippen molar-refractivity contribution in [1.29, 1.82) is 0 Å². The van der Waals surface area contributed by atoms with Crippen LogP contribution in [0.4, 0.5) is 0 Å². The minimum Gasteiger partial charge on any atom is -0.493 e. The van der Waals surface area contributed by atoms with Crippen molar-refractivity contribution in [2.24, 2.45) is 0 Å². The Labute approximate surface area is 133 Å². The molecule has 0 amide bonds. The second kappa shape index (κ2) is 6.26. The van der Waals surface area contributed by atoms with Crippen LogP contribution in [0.25, 0.3) is 10.4 Å². The van der Waals surface area contributed by atoms with Crippen LogP contribution in [0.3, 0.4) is 0 Å². The standard InChI is InChI=1S/C16H18ClNO2S/c1-19-14-7-10(9-18-11-3-4-11)12(8-15(14)20-2)16-13(17)5-6-21-16/h5-8,11,18H,3-4,9H2,1-2H3. The van der Waals surface area contributed by atoms with Crippen LogP contribution in [-0.2, 0) is 6.54 Å². The summed E-state index contributed by atoms with van der Waals surface area (Å²) in [5, 5.41) is 6.33. The summed E-state index contributed by atoms with van der Waals surface area (Å²) in [6.45, 7) is 0.814. The van der Waals surface area contributed by atoms with E-state index in [0.717, 1.165) is 33.5 Å². The number of thiophene rings is 1. The lowest BCUT2D eigenvalue weighted by molar-refractivity contribution is 0.354. The van der Waals surface area contributed by atoms with Gasteiger partial charge in [-0.15, -0.1) is 11.3 Å². The van der Waals surface area contributed by atoms with Gasteiger partial charge in [0, 0.05) is 18.2 Å². The van der Waals surface area contributed by atoms with E-state index in [0.29, 0.717) is 6.04 Å². The lowest BCUT2D eigenvalue weighted by Crippen LogP contribution is -2.16. The Morgan fingerprint density at radius 3 is 2.52 bits per heavy atom. The largest absolute Gasteiger partial charge is 0.493 e. The number of methoxy groups -OCH3 is 2. The molecule has 0 atom stereocenters. The van der Waals surface area contributed by atoms with E-state index >= 15 is 0 Å². The van der Waals surface area contributed by atoms with Crippen molar-refractivity contribution < 1.29 is 9.47 Å². The van der Waals surface area contributed by atoms with Crippen LogP contribution in [-0.4, -0.2) is 20.3 Å². The van der Waals surface area contributed by atoms with Crippen molar-refractivity contribution in [2.45, 2.75) is 25.4 Å². The molecule has 1 heterocycles. The van der Waals surface area contributed by atoms with Crippen LogP contribution < -0.4 is 14.8 Å². The predicted molar refractivity (Wildman–Crippen MR) is 87.7 cm³/mol. The third kappa shape index (κ3) is 3.18. The van der Waals surface area contributed by atoms with E-state index in [4.69, 9.17) is 21.1 Å². The number of rotatable bonds is 6. The van der Waals surface area contributed by atoms with Gasteiger partial charge in [-0.05, 0) is 42.0 Å². The molecule has 1 aromatic heterocycles. The molecule has 1 N–H and O–H groups in total. The van der Waals surface area contributed by atoms with Crippen molar-refractivity contribution in [3.8, 4) is 21.9 Å². The lowest BCUT2D eigenvalue weighted by atomic mass is 10.0. The normalized spacial score (nSPS) is 14.2. The highest BCUT2D eigenvalue weighted by atomic mass is 35.5. The highest BCUT2D eigenvalue weighted by molar-refractivity contribution is 7.14. The average molecular weight is 324 g/mol. The molecule has 0 bridgehead atoms. The molecule has 0 unspecified atom stereocenters. The quantitative estimate of drug-likeness (QED) is 0.858. The minimum absolute atomic E-state index is 0.657. The van der Waals surface area contributed by atoms with Gasteiger partial charge in [0.05, 0.1) is 24.1 Å². The van der Waals surface area contributed by atoms with Crippen molar-refractivity contribution in [3.05, 3.63) is 34.2 Å². The second-order valence-electron chi connectivity index (χ2n) is 5.12. The van der Waals surface area contributed by atoms with Crippen molar-refractivity contribution >= 4 is 22.9 Å². The molecule has 2 aromatic rings. The fraction of sp³-hybridized carbons (Fsp3) is 0.375. The molecule has 1 aliphatic carbocycles. The molecule has 1 aliphatic rings. The maximum Gasteiger partial charge on any atom is 0.161 e. The molecule has 3 rings (SSSR count). The highest BCUT2D eigenvalue weighted by Gasteiger charge is 2.22. The van der Waals surface area contributed by atoms with Crippen LogP contribution in [0.5, 0.6) is 11.5 Å². The molecule has 1 fully saturated rings. The maximum atomic E-state index is 6.31. The van der Waals surface area contributed by atoms with E-state index in [1.165, 1.54) is 18.4 Å². The SMILES string of the molecule is COc1cc(CNC2CC2)c(-c2sccc2Cl)cc1OC. The van der Waals surface area contributed by atoms with E-state index in [-0.39, 0.29) is 0 Å². The summed E-state index contributed by atoms with van der Waals surface area (Å²) in [6, 6.07) is 6.64. The van der Waals surface area contributed by atoms with E-state index < -0.39 is 0 Å². The Kier molecular flexibility index (Phi) is 4.38. The molecule has 1 saturated carbocycles. The van der Waals surface area contributed by atoms with Crippen molar-refractivity contribution in [3.63, 3.8) is 0 Å². The Morgan fingerprint density at radius 2 is 1.95 bits per heavy atom. The second-order valence-corrected chi connectivity index (χ2v) is 6.44. The summed E-state index contributed by atoms with van der Waals surface area (Å²) in [5.41, 5.74) is 2.30. The molecule has 0 aliphatic heterocycles. The van der Waals surface area contributed by atoms with Crippen molar-refractivity contribution in [2.75, 3.05) is 14.2 Å². The van der Waals surface area contributed by atoms with Gasteiger partial charge >= 0.3 is 0 Å². The molecule has 0 spiro atoms. The summed E-state index contributed by atoms with van der Waals surface area (Å²) >= 11 is 7.95. The van der Waals surface area contributed by atoms with E-state index in [1.807, 2.05) is 23.6 Å². The first-order valence-corrected chi connectivity index (χ1v) is 8.20. The lowest BCUT2D eigenvalue weighted by Gasteiger charge is -2.15. The highest BCUT2D eigenvalue weighted by Crippen LogP contribution is 2.41. The van der Waals surface area contributed by atoms with Crippen LogP contribution in [0.1, 0.15) is 18.4 Å². The zero-order chi connectivity index (χ0) is 14.8. The zero-order valence-corrected chi connectivity index (χ0v) is 13.7. The van der Waals surface area contributed by atoms with Crippen LogP contribution in [0, 0.1) is 0 Å². The fourth-order valence-electron chi connectivity index (χ4n) is 2.31. The Bertz CT molecular complexity index is 637. The Hall–Kier alpha value is -1.23. The van der Waals surface area contributed by atoms with Gasteiger partial charge in [-0.25, -0.2) is 0 Å². The minimum atomic E-state index is 0.657. The topological polar surface area (TPSA) is 30.5 Å². The molecular formula is C16H18ClNO2S. The Balaban J connectivity index is 2.02. The first-order valence-electron chi connectivity index (χ1n) is 6.94. The maximum absolute atomic E-state index is 6.31. The third-order valence-corrected chi connectivity index (χ3v) is 5.00. The number of halogens is 1. The van der Waals surface area contributed by atoms with Gasteiger partial charge in [0.15, 0.2) is 11.5 Å². The van der Waals surface area contributed by atoms with Gasteiger partial charge in [0.2, 0.25) is 0 Å². The molecular weight excluding hydrogens is 306 g/mol. The first-order chi connectivity index (χ1) is 10.2. The van der Waals surface area contributed by atoms with Gasteiger partial charge in [-0.3, -0.25) is 0 Å². The number of hydrogen-bond donors (Lipinski definition) is 1. The summed E-state index contributed by atoms with van der Waals surface area (Å²) < 4.78 is 10.8.